The number of halogens is 1. The van der Waals surface area contributed by atoms with Gasteiger partial charge in [-0.1, -0.05) is 48.0 Å². The van der Waals surface area contributed by atoms with Crippen LogP contribution in [0.1, 0.15) is 11.1 Å². The van der Waals surface area contributed by atoms with Crippen LogP contribution in [-0.4, -0.2) is 0 Å². The fourth-order valence-electron chi connectivity index (χ4n) is 3.15. The van der Waals surface area contributed by atoms with Crippen LogP contribution in [0.25, 0.3) is 0 Å². The monoisotopic (exact) mass is 305 g/mol. The third kappa shape index (κ3) is 2.28. The molecule has 1 aliphatic heterocycles. The van der Waals surface area contributed by atoms with Gasteiger partial charge in [0, 0.05) is 22.1 Å². The predicted molar refractivity (Wildman–Crippen MR) is 93.5 cm³/mol. The summed E-state index contributed by atoms with van der Waals surface area (Å²) in [6, 6.07) is 25.4. The third-order valence-corrected chi connectivity index (χ3v) is 4.47. The van der Waals surface area contributed by atoms with Gasteiger partial charge in [-0.3, -0.25) is 0 Å². The zero-order chi connectivity index (χ0) is 14.9. The fraction of sp³-hybridized carbons (Fsp3) is 0.100. The van der Waals surface area contributed by atoms with Crippen LogP contribution in [0.4, 0.5) is 17.1 Å². The molecule has 0 aromatic heterocycles. The van der Waals surface area contributed by atoms with E-state index in [4.69, 9.17) is 11.6 Å². The highest BCUT2D eigenvalue weighted by atomic mass is 35.5. The van der Waals surface area contributed by atoms with E-state index >= 15 is 0 Å². The smallest absolute Gasteiger partial charge is 0.0493 e. The summed E-state index contributed by atoms with van der Waals surface area (Å²) < 4.78 is 0. The minimum Gasteiger partial charge on any atom is -0.310 e. The Morgan fingerprint density at radius 1 is 0.636 bits per heavy atom. The van der Waals surface area contributed by atoms with Crippen LogP contribution in [0.15, 0.2) is 72.8 Å². The van der Waals surface area contributed by atoms with Crippen molar-refractivity contribution in [2.75, 3.05) is 4.90 Å². The van der Waals surface area contributed by atoms with Gasteiger partial charge in [0.2, 0.25) is 0 Å². The van der Waals surface area contributed by atoms with Gasteiger partial charge in [-0.05, 0) is 60.4 Å². The molecule has 108 valence electrons. The number of anilines is 3. The van der Waals surface area contributed by atoms with Gasteiger partial charge in [0.25, 0.3) is 0 Å². The molecule has 1 aliphatic rings. The lowest BCUT2D eigenvalue weighted by molar-refractivity contribution is 0.977. The van der Waals surface area contributed by atoms with E-state index in [0.717, 1.165) is 23.6 Å². The molecule has 1 nitrogen and oxygen atoms in total. The number of rotatable bonds is 1. The number of nitrogens with zero attached hydrogens (tertiary/aromatic N) is 1. The Kier molecular flexibility index (Phi) is 3.36. The molecule has 0 radical (unpaired) electrons. The Morgan fingerprint density at radius 3 is 1.68 bits per heavy atom. The summed E-state index contributed by atoms with van der Waals surface area (Å²) in [7, 11) is 0. The quantitative estimate of drug-likeness (QED) is 0.540. The van der Waals surface area contributed by atoms with Crippen molar-refractivity contribution in [1.82, 2.24) is 0 Å². The van der Waals surface area contributed by atoms with E-state index in [1.54, 1.807) is 0 Å². The van der Waals surface area contributed by atoms with Crippen molar-refractivity contribution in [2.45, 2.75) is 12.8 Å². The Morgan fingerprint density at radius 2 is 1.14 bits per heavy atom. The standard InChI is InChI=1S/C20H16ClN/c21-17-11-13-18(14-12-17)22-19-7-3-1-5-15(19)9-10-16-6-2-4-8-20(16)22/h1-8,11-14H,9-10H2. The van der Waals surface area contributed by atoms with E-state index in [9.17, 15) is 0 Å². The number of benzene rings is 3. The summed E-state index contributed by atoms with van der Waals surface area (Å²) >= 11 is 6.06. The molecule has 0 amide bonds. The van der Waals surface area contributed by atoms with Crippen LogP contribution in [0.3, 0.4) is 0 Å². The Balaban J connectivity index is 1.96. The van der Waals surface area contributed by atoms with Crippen LogP contribution < -0.4 is 4.90 Å². The lowest BCUT2D eigenvalue weighted by Gasteiger charge is -2.27. The first-order valence-electron chi connectivity index (χ1n) is 7.54. The van der Waals surface area contributed by atoms with Gasteiger partial charge in [-0.15, -0.1) is 0 Å². The van der Waals surface area contributed by atoms with Crippen LogP contribution >= 0.6 is 11.6 Å². The summed E-state index contributed by atoms with van der Waals surface area (Å²) in [5.74, 6) is 0. The normalized spacial score (nSPS) is 13.2. The molecule has 0 unspecified atom stereocenters. The Bertz CT molecular complexity index is 760. The van der Waals surface area contributed by atoms with Crippen molar-refractivity contribution in [2.24, 2.45) is 0 Å². The molecule has 0 atom stereocenters. The van der Waals surface area contributed by atoms with Crippen LogP contribution in [0.5, 0.6) is 0 Å². The molecular weight excluding hydrogens is 290 g/mol. The van der Waals surface area contributed by atoms with Gasteiger partial charge in [-0.2, -0.15) is 0 Å². The number of fused-ring (bicyclic) bond motifs is 2. The molecule has 3 aromatic rings. The fourth-order valence-corrected chi connectivity index (χ4v) is 3.27. The highest BCUT2D eigenvalue weighted by molar-refractivity contribution is 6.30. The van der Waals surface area contributed by atoms with Crippen molar-refractivity contribution in [1.29, 1.82) is 0 Å². The summed E-state index contributed by atoms with van der Waals surface area (Å²) in [5.41, 5.74) is 6.43. The highest BCUT2D eigenvalue weighted by Crippen LogP contribution is 2.41. The van der Waals surface area contributed by atoms with Gasteiger partial charge in [-0.25, -0.2) is 0 Å². The van der Waals surface area contributed by atoms with Crippen LogP contribution in [0.2, 0.25) is 5.02 Å². The van der Waals surface area contributed by atoms with Gasteiger partial charge in [0.15, 0.2) is 0 Å². The van der Waals surface area contributed by atoms with Crippen molar-refractivity contribution < 1.29 is 0 Å². The summed E-state index contributed by atoms with van der Waals surface area (Å²) in [4.78, 5) is 2.34. The average Bonchev–Trinajstić information content (AvgIpc) is 2.73. The molecule has 4 rings (SSSR count). The predicted octanol–water partition coefficient (Wildman–Crippen LogP) is 5.91. The highest BCUT2D eigenvalue weighted by Gasteiger charge is 2.21. The second-order valence-corrected chi connectivity index (χ2v) is 6.01. The number of para-hydroxylation sites is 2. The molecule has 3 aromatic carbocycles. The lowest BCUT2D eigenvalue weighted by atomic mass is 10.0. The maximum Gasteiger partial charge on any atom is 0.0493 e. The molecule has 0 spiro atoms. The third-order valence-electron chi connectivity index (χ3n) is 4.21. The maximum absolute atomic E-state index is 6.06. The van der Waals surface area contributed by atoms with E-state index in [1.165, 1.54) is 22.5 Å². The second-order valence-electron chi connectivity index (χ2n) is 5.57. The van der Waals surface area contributed by atoms with Gasteiger partial charge < -0.3 is 4.90 Å². The Hall–Kier alpha value is -2.25. The first-order chi connectivity index (χ1) is 10.8. The van der Waals surface area contributed by atoms with E-state index < -0.39 is 0 Å². The van der Waals surface area contributed by atoms with E-state index in [0.29, 0.717) is 0 Å². The molecule has 0 fully saturated rings. The first kappa shape index (κ1) is 13.4. The molecule has 0 saturated carbocycles. The molecule has 0 bridgehead atoms. The van der Waals surface area contributed by atoms with E-state index in [1.807, 2.05) is 12.1 Å². The van der Waals surface area contributed by atoms with Crippen molar-refractivity contribution in [3.8, 4) is 0 Å². The Labute approximate surface area is 135 Å². The van der Waals surface area contributed by atoms with E-state index in [-0.39, 0.29) is 0 Å². The van der Waals surface area contributed by atoms with Gasteiger partial charge >= 0.3 is 0 Å². The van der Waals surface area contributed by atoms with Crippen molar-refractivity contribution in [3.63, 3.8) is 0 Å². The van der Waals surface area contributed by atoms with Gasteiger partial charge in [0.1, 0.15) is 0 Å². The number of hydrogen-bond donors (Lipinski definition) is 0. The molecule has 0 saturated heterocycles. The maximum atomic E-state index is 6.06. The molecule has 0 aliphatic carbocycles. The summed E-state index contributed by atoms with van der Waals surface area (Å²) in [5, 5.41) is 0.764. The van der Waals surface area contributed by atoms with Crippen molar-refractivity contribution >= 4 is 28.7 Å². The summed E-state index contributed by atoms with van der Waals surface area (Å²) in [6.07, 6.45) is 2.13. The SMILES string of the molecule is Clc1ccc(N2c3ccccc3CCc3ccccc32)cc1. The van der Waals surface area contributed by atoms with Gasteiger partial charge in [0.05, 0.1) is 0 Å². The minimum absolute atomic E-state index is 0.764. The molecule has 1 heterocycles. The van der Waals surface area contributed by atoms with Crippen molar-refractivity contribution in [3.05, 3.63) is 88.9 Å². The zero-order valence-corrected chi connectivity index (χ0v) is 12.9. The lowest BCUT2D eigenvalue weighted by Crippen LogP contribution is -2.11. The number of aryl methyl sites for hydroxylation is 2. The van der Waals surface area contributed by atoms with Crippen LogP contribution in [0, 0.1) is 0 Å². The zero-order valence-electron chi connectivity index (χ0n) is 12.2. The van der Waals surface area contributed by atoms with E-state index in [2.05, 4.69) is 65.6 Å². The molecular formula is C20H16ClN. The largest absolute Gasteiger partial charge is 0.310 e. The minimum atomic E-state index is 0.764. The second kappa shape index (κ2) is 5.51. The summed E-state index contributed by atoms with van der Waals surface area (Å²) in [6.45, 7) is 0. The first-order valence-corrected chi connectivity index (χ1v) is 7.92. The topological polar surface area (TPSA) is 3.24 Å². The average molecular weight is 306 g/mol. The van der Waals surface area contributed by atoms with Crippen LogP contribution in [-0.2, 0) is 12.8 Å². The molecule has 2 heteroatoms. The molecule has 0 N–H and O–H groups in total. The number of hydrogen-bond acceptors (Lipinski definition) is 1. The molecule has 22 heavy (non-hydrogen) atoms.